The molecule has 21 heavy (non-hydrogen) atoms. The molecule has 0 radical (unpaired) electrons. The highest BCUT2D eigenvalue weighted by molar-refractivity contribution is 5.90. The lowest BCUT2D eigenvalue weighted by atomic mass is 10.1. The molecule has 1 aliphatic rings. The minimum atomic E-state index is -0.0283. The van der Waals surface area contributed by atoms with Crippen LogP contribution in [0.3, 0.4) is 0 Å². The van der Waals surface area contributed by atoms with Gasteiger partial charge in [0.1, 0.15) is 5.82 Å². The molecule has 2 rings (SSSR count). The van der Waals surface area contributed by atoms with Crippen LogP contribution in [0, 0.1) is 11.8 Å². The van der Waals surface area contributed by atoms with Gasteiger partial charge in [0.2, 0.25) is 5.82 Å². The van der Waals surface area contributed by atoms with Gasteiger partial charge in [0, 0.05) is 19.0 Å². The molecule has 1 heterocycles. The van der Waals surface area contributed by atoms with Crippen LogP contribution < -0.4 is 0 Å². The van der Waals surface area contributed by atoms with Crippen molar-refractivity contribution in [2.45, 2.75) is 59.3 Å². The molecule has 1 amide bonds. The van der Waals surface area contributed by atoms with Crippen LogP contribution in [0.5, 0.6) is 0 Å². The molecule has 0 atom stereocenters. The van der Waals surface area contributed by atoms with Crippen molar-refractivity contribution < 1.29 is 4.79 Å². The number of rotatable bonds is 8. The summed E-state index contributed by atoms with van der Waals surface area (Å²) in [6.45, 7) is 10.3. The topological polar surface area (TPSA) is 61.9 Å². The molecule has 0 bridgehead atoms. The predicted molar refractivity (Wildman–Crippen MR) is 83.2 cm³/mol. The van der Waals surface area contributed by atoms with E-state index >= 15 is 0 Å². The molecule has 0 aliphatic heterocycles. The number of aromatic amines is 1. The van der Waals surface area contributed by atoms with Gasteiger partial charge in [0.05, 0.1) is 0 Å². The highest BCUT2D eigenvalue weighted by Crippen LogP contribution is 2.37. The Morgan fingerprint density at radius 3 is 2.24 bits per heavy atom. The first-order valence-electron chi connectivity index (χ1n) is 8.19. The van der Waals surface area contributed by atoms with Crippen molar-refractivity contribution in [3.63, 3.8) is 0 Å². The van der Waals surface area contributed by atoms with Gasteiger partial charge < -0.3 is 4.90 Å². The predicted octanol–water partition coefficient (Wildman–Crippen LogP) is 3.22. The van der Waals surface area contributed by atoms with Crippen molar-refractivity contribution in [3.8, 4) is 0 Å². The summed E-state index contributed by atoms with van der Waals surface area (Å²) in [4.78, 5) is 18.9. The number of hydrogen-bond acceptors (Lipinski definition) is 3. The van der Waals surface area contributed by atoms with E-state index in [9.17, 15) is 4.79 Å². The minimum Gasteiger partial charge on any atom is -0.336 e. The fraction of sp³-hybridized carbons (Fsp3) is 0.812. The standard InChI is InChI=1S/C16H28N4O/c1-11(2)7-9-20(10-8-12(3)4)16(21)15-17-14(18-19-15)13-5-6-13/h11-13H,5-10H2,1-4H3,(H,17,18,19). The molecular formula is C16H28N4O. The van der Waals surface area contributed by atoms with Crippen molar-refractivity contribution in [3.05, 3.63) is 11.6 Å². The molecule has 0 aromatic carbocycles. The molecule has 0 saturated heterocycles. The fourth-order valence-corrected chi connectivity index (χ4v) is 2.19. The van der Waals surface area contributed by atoms with Crippen LogP contribution in [0.2, 0.25) is 0 Å². The van der Waals surface area contributed by atoms with Crippen LogP contribution >= 0.6 is 0 Å². The molecular weight excluding hydrogens is 264 g/mol. The largest absolute Gasteiger partial charge is 0.336 e. The first-order valence-corrected chi connectivity index (χ1v) is 8.19. The number of nitrogens with one attached hydrogen (secondary N) is 1. The number of amides is 1. The summed E-state index contributed by atoms with van der Waals surface area (Å²) in [7, 11) is 0. The normalized spacial score (nSPS) is 15.0. The van der Waals surface area contributed by atoms with Gasteiger partial charge in [-0.25, -0.2) is 4.98 Å². The van der Waals surface area contributed by atoms with E-state index < -0.39 is 0 Å². The Morgan fingerprint density at radius 1 is 1.19 bits per heavy atom. The number of carbonyl (C=O) groups is 1. The van der Waals surface area contributed by atoms with Crippen LogP contribution in [-0.4, -0.2) is 39.1 Å². The third-order valence-electron chi connectivity index (χ3n) is 3.90. The molecule has 0 spiro atoms. The molecule has 1 fully saturated rings. The monoisotopic (exact) mass is 292 g/mol. The average molecular weight is 292 g/mol. The molecule has 118 valence electrons. The maximum Gasteiger partial charge on any atom is 0.293 e. The third kappa shape index (κ3) is 4.83. The van der Waals surface area contributed by atoms with Gasteiger partial charge in [0.25, 0.3) is 5.91 Å². The lowest BCUT2D eigenvalue weighted by Gasteiger charge is -2.23. The summed E-state index contributed by atoms with van der Waals surface area (Å²) in [5.41, 5.74) is 0. The number of hydrogen-bond donors (Lipinski definition) is 1. The molecule has 0 unspecified atom stereocenters. The van der Waals surface area contributed by atoms with Crippen LogP contribution in [-0.2, 0) is 0 Å². The second-order valence-corrected chi connectivity index (χ2v) is 6.98. The number of carbonyl (C=O) groups excluding carboxylic acids is 1. The molecule has 1 saturated carbocycles. The van der Waals surface area contributed by atoms with Crippen LogP contribution in [0.1, 0.15) is 75.7 Å². The third-order valence-corrected chi connectivity index (χ3v) is 3.90. The maximum atomic E-state index is 12.6. The van der Waals surface area contributed by atoms with E-state index in [-0.39, 0.29) is 5.91 Å². The minimum absolute atomic E-state index is 0.0283. The zero-order chi connectivity index (χ0) is 15.4. The number of nitrogens with zero attached hydrogens (tertiary/aromatic N) is 3. The Kier molecular flexibility index (Phi) is 5.37. The van der Waals surface area contributed by atoms with E-state index in [1.807, 2.05) is 4.90 Å². The fourth-order valence-electron chi connectivity index (χ4n) is 2.19. The first kappa shape index (κ1) is 16.0. The first-order chi connectivity index (χ1) is 9.97. The Morgan fingerprint density at radius 2 is 1.76 bits per heavy atom. The summed E-state index contributed by atoms with van der Waals surface area (Å²) < 4.78 is 0. The SMILES string of the molecule is CC(C)CCN(CCC(C)C)C(=O)c1n[nH]c(C2CC2)n1. The van der Waals surface area contributed by atoms with Gasteiger partial charge >= 0.3 is 0 Å². The summed E-state index contributed by atoms with van der Waals surface area (Å²) in [5.74, 6) is 2.87. The Bertz CT molecular complexity index is 451. The van der Waals surface area contributed by atoms with E-state index in [1.54, 1.807) is 0 Å². The van der Waals surface area contributed by atoms with E-state index in [0.29, 0.717) is 23.6 Å². The van der Waals surface area contributed by atoms with E-state index in [0.717, 1.165) is 44.6 Å². The van der Waals surface area contributed by atoms with Gasteiger partial charge in [-0.15, -0.1) is 5.10 Å². The van der Waals surface area contributed by atoms with Crippen LogP contribution in [0.25, 0.3) is 0 Å². The zero-order valence-corrected chi connectivity index (χ0v) is 13.7. The number of aromatic nitrogens is 3. The van der Waals surface area contributed by atoms with Gasteiger partial charge in [-0.2, -0.15) is 0 Å². The summed E-state index contributed by atoms with van der Waals surface area (Å²) in [6.07, 6.45) is 4.36. The van der Waals surface area contributed by atoms with Crippen LogP contribution in [0.15, 0.2) is 0 Å². The molecule has 1 N–H and O–H groups in total. The lowest BCUT2D eigenvalue weighted by Crippen LogP contribution is -2.34. The molecule has 5 heteroatoms. The average Bonchev–Trinajstić information content (AvgIpc) is 3.15. The van der Waals surface area contributed by atoms with Gasteiger partial charge in [-0.3, -0.25) is 9.89 Å². The quantitative estimate of drug-likeness (QED) is 0.800. The van der Waals surface area contributed by atoms with Crippen molar-refractivity contribution >= 4 is 5.91 Å². The second kappa shape index (κ2) is 7.05. The zero-order valence-electron chi connectivity index (χ0n) is 13.7. The Hall–Kier alpha value is -1.39. The van der Waals surface area contributed by atoms with Gasteiger partial charge in [-0.05, 0) is 37.5 Å². The van der Waals surface area contributed by atoms with Crippen molar-refractivity contribution in [1.82, 2.24) is 20.1 Å². The summed E-state index contributed by atoms with van der Waals surface area (Å²) in [5, 5.41) is 7.05. The summed E-state index contributed by atoms with van der Waals surface area (Å²) in [6, 6.07) is 0. The molecule has 1 aliphatic carbocycles. The van der Waals surface area contributed by atoms with E-state index in [1.165, 1.54) is 0 Å². The van der Waals surface area contributed by atoms with Crippen molar-refractivity contribution in [2.24, 2.45) is 11.8 Å². The molecule has 1 aromatic heterocycles. The number of H-pyrrole nitrogens is 1. The maximum absolute atomic E-state index is 12.6. The van der Waals surface area contributed by atoms with Crippen molar-refractivity contribution in [2.75, 3.05) is 13.1 Å². The second-order valence-electron chi connectivity index (χ2n) is 6.98. The Labute approximate surface area is 127 Å². The molecule has 5 nitrogen and oxygen atoms in total. The van der Waals surface area contributed by atoms with Gasteiger partial charge in [0.15, 0.2) is 0 Å². The smallest absolute Gasteiger partial charge is 0.293 e. The van der Waals surface area contributed by atoms with E-state index in [4.69, 9.17) is 0 Å². The highest BCUT2D eigenvalue weighted by atomic mass is 16.2. The van der Waals surface area contributed by atoms with Crippen LogP contribution in [0.4, 0.5) is 0 Å². The molecule has 1 aromatic rings. The Balaban J connectivity index is 1.99. The van der Waals surface area contributed by atoms with E-state index in [2.05, 4.69) is 42.9 Å². The van der Waals surface area contributed by atoms with Crippen molar-refractivity contribution in [1.29, 1.82) is 0 Å². The summed E-state index contributed by atoms with van der Waals surface area (Å²) >= 11 is 0. The lowest BCUT2D eigenvalue weighted by molar-refractivity contribution is 0.0729. The highest BCUT2D eigenvalue weighted by Gasteiger charge is 2.29. The van der Waals surface area contributed by atoms with Gasteiger partial charge in [-0.1, -0.05) is 27.7 Å².